The van der Waals surface area contributed by atoms with Crippen molar-refractivity contribution in [3.05, 3.63) is 52.1 Å². The molecule has 3 N–H and O–H groups in total. The topological polar surface area (TPSA) is 144 Å². The molecule has 0 unspecified atom stereocenters. The van der Waals surface area contributed by atoms with Crippen molar-refractivity contribution >= 4 is 34.8 Å². The zero-order valence-electron chi connectivity index (χ0n) is 13.6. The predicted molar refractivity (Wildman–Crippen MR) is 89.5 cm³/mol. The third-order valence-corrected chi connectivity index (χ3v) is 3.29. The molecule has 1 aromatic heterocycles. The highest BCUT2D eigenvalue weighted by Gasteiger charge is 2.34. The van der Waals surface area contributed by atoms with Gasteiger partial charge in [-0.1, -0.05) is 0 Å². The van der Waals surface area contributed by atoms with Crippen LogP contribution < -0.4 is 16.2 Å². The summed E-state index contributed by atoms with van der Waals surface area (Å²) in [5, 5.41) is 16.3. The van der Waals surface area contributed by atoms with Crippen molar-refractivity contribution in [2.24, 2.45) is 0 Å². The highest BCUT2D eigenvalue weighted by molar-refractivity contribution is 7.80. The summed E-state index contributed by atoms with van der Waals surface area (Å²) in [5.74, 6) is -1.74. The van der Waals surface area contributed by atoms with Gasteiger partial charge in [-0.15, -0.1) is 0 Å². The lowest BCUT2D eigenvalue weighted by atomic mass is 10.1. The van der Waals surface area contributed by atoms with Crippen LogP contribution in [0.25, 0.3) is 0 Å². The number of halogens is 3. The Morgan fingerprint density at radius 2 is 2.00 bits per heavy atom. The van der Waals surface area contributed by atoms with Crippen molar-refractivity contribution in [2.45, 2.75) is 12.7 Å². The molecule has 11 nitrogen and oxygen atoms in total. The van der Waals surface area contributed by atoms with Gasteiger partial charge in [-0.2, -0.15) is 18.3 Å². The van der Waals surface area contributed by atoms with Crippen LogP contribution in [0, 0.1) is 10.1 Å². The van der Waals surface area contributed by atoms with E-state index in [0.717, 1.165) is 0 Å². The SMILES string of the molecule is O=C(Cn1cncn1)NNC(=S)NC(=O)c1ccc(C(F)(F)F)cc1[N+](=O)[O-]. The first kappa shape index (κ1) is 20.7. The van der Waals surface area contributed by atoms with Crippen LogP contribution in [-0.2, 0) is 17.5 Å². The molecule has 15 heteroatoms. The van der Waals surface area contributed by atoms with Gasteiger partial charge in [0.2, 0.25) is 0 Å². The number of alkyl halides is 3. The van der Waals surface area contributed by atoms with E-state index in [1.165, 1.54) is 17.3 Å². The zero-order valence-corrected chi connectivity index (χ0v) is 14.4. The molecule has 0 aliphatic heterocycles. The molecule has 2 rings (SSSR count). The fourth-order valence-electron chi connectivity index (χ4n) is 1.88. The van der Waals surface area contributed by atoms with Gasteiger partial charge in [0.15, 0.2) is 5.11 Å². The molecular weight excluding hydrogens is 407 g/mol. The third kappa shape index (κ3) is 5.44. The Morgan fingerprint density at radius 1 is 1.29 bits per heavy atom. The van der Waals surface area contributed by atoms with Gasteiger partial charge in [0.05, 0.1) is 10.5 Å². The maximum atomic E-state index is 12.7. The van der Waals surface area contributed by atoms with Crippen LogP contribution in [0.2, 0.25) is 0 Å². The normalized spacial score (nSPS) is 10.8. The lowest BCUT2D eigenvalue weighted by molar-refractivity contribution is -0.385. The number of nitro groups is 1. The number of benzene rings is 1. The summed E-state index contributed by atoms with van der Waals surface area (Å²) in [6.45, 7) is -0.214. The molecule has 28 heavy (non-hydrogen) atoms. The second kappa shape index (κ2) is 8.38. The molecule has 0 radical (unpaired) electrons. The minimum atomic E-state index is -4.81. The molecule has 0 saturated carbocycles. The fraction of sp³-hybridized carbons (Fsp3) is 0.154. The van der Waals surface area contributed by atoms with E-state index in [1.807, 2.05) is 5.32 Å². The second-order valence-electron chi connectivity index (χ2n) is 5.04. The summed E-state index contributed by atoms with van der Waals surface area (Å²) in [4.78, 5) is 37.2. The second-order valence-corrected chi connectivity index (χ2v) is 5.44. The Bertz CT molecular complexity index is 917. The molecule has 2 amide bonds. The number of hydrogen-bond acceptors (Lipinski definition) is 7. The fourth-order valence-corrected chi connectivity index (χ4v) is 2.02. The van der Waals surface area contributed by atoms with Gasteiger partial charge in [0.25, 0.3) is 17.5 Å². The summed E-state index contributed by atoms with van der Waals surface area (Å²) in [6, 6.07) is 1.42. The zero-order chi connectivity index (χ0) is 20.9. The Hall–Kier alpha value is -3.62. The number of hydrogen-bond donors (Lipinski definition) is 3. The molecule has 0 aliphatic rings. The molecule has 1 aromatic carbocycles. The Balaban J connectivity index is 2.00. The van der Waals surface area contributed by atoms with Crippen molar-refractivity contribution in [3.8, 4) is 0 Å². The predicted octanol–water partition coefficient (Wildman–Crippen LogP) is 0.541. The number of nitro benzene ring substituents is 1. The molecule has 0 fully saturated rings. The van der Waals surface area contributed by atoms with Gasteiger partial charge in [-0.05, 0) is 24.4 Å². The van der Waals surface area contributed by atoms with Crippen molar-refractivity contribution in [1.82, 2.24) is 30.9 Å². The monoisotopic (exact) mass is 417 g/mol. The molecule has 0 spiro atoms. The van der Waals surface area contributed by atoms with Crippen LogP contribution >= 0.6 is 12.2 Å². The van der Waals surface area contributed by atoms with Crippen molar-refractivity contribution in [1.29, 1.82) is 0 Å². The van der Waals surface area contributed by atoms with Crippen LogP contribution in [0.15, 0.2) is 30.9 Å². The first-order chi connectivity index (χ1) is 13.1. The average Bonchev–Trinajstić information content (AvgIpc) is 3.11. The highest BCUT2D eigenvalue weighted by Crippen LogP contribution is 2.32. The number of nitrogens with zero attached hydrogens (tertiary/aromatic N) is 4. The Kier molecular flexibility index (Phi) is 6.19. The van der Waals surface area contributed by atoms with E-state index in [-0.39, 0.29) is 12.6 Å². The van der Waals surface area contributed by atoms with Crippen molar-refractivity contribution in [3.63, 3.8) is 0 Å². The first-order valence-corrected chi connectivity index (χ1v) is 7.57. The molecule has 0 aliphatic carbocycles. The van der Waals surface area contributed by atoms with E-state index in [1.54, 1.807) is 0 Å². The summed E-state index contributed by atoms with van der Waals surface area (Å²) < 4.78 is 39.2. The highest BCUT2D eigenvalue weighted by atomic mass is 32.1. The number of amides is 2. The van der Waals surface area contributed by atoms with Crippen LogP contribution in [-0.4, -0.2) is 36.6 Å². The minimum Gasteiger partial charge on any atom is -0.297 e. The number of thiocarbonyl (C=S) groups is 1. The van der Waals surface area contributed by atoms with Crippen LogP contribution in [0.3, 0.4) is 0 Å². The van der Waals surface area contributed by atoms with E-state index in [0.29, 0.717) is 12.1 Å². The number of carbonyl (C=O) groups is 2. The van der Waals surface area contributed by atoms with Crippen LogP contribution in [0.1, 0.15) is 15.9 Å². The number of rotatable bonds is 4. The van der Waals surface area contributed by atoms with E-state index in [4.69, 9.17) is 12.2 Å². The van der Waals surface area contributed by atoms with Gasteiger partial charge in [-0.25, -0.2) is 9.67 Å². The minimum absolute atomic E-state index is 0.214. The maximum absolute atomic E-state index is 12.7. The molecule has 0 atom stereocenters. The van der Waals surface area contributed by atoms with Crippen molar-refractivity contribution in [2.75, 3.05) is 0 Å². The largest absolute Gasteiger partial charge is 0.416 e. The lowest BCUT2D eigenvalue weighted by Gasteiger charge is -2.12. The van der Waals surface area contributed by atoms with Gasteiger partial charge >= 0.3 is 6.18 Å². The molecule has 148 valence electrons. The van der Waals surface area contributed by atoms with E-state index >= 15 is 0 Å². The van der Waals surface area contributed by atoms with Gasteiger partial charge in [0.1, 0.15) is 24.8 Å². The smallest absolute Gasteiger partial charge is 0.297 e. The molecule has 0 bridgehead atoms. The molecule has 0 saturated heterocycles. The maximum Gasteiger partial charge on any atom is 0.416 e. The Labute approximate surface area is 159 Å². The first-order valence-electron chi connectivity index (χ1n) is 7.16. The number of hydrazine groups is 1. The summed E-state index contributed by atoms with van der Waals surface area (Å²) in [6.07, 6.45) is -2.32. The average molecular weight is 417 g/mol. The standard InChI is InChI=1S/C13H10F3N7O4S/c14-13(15,16)7-1-2-8(9(3-7)23(26)27)11(25)19-12(28)21-20-10(24)4-22-6-17-5-18-22/h1-3,5-6H,4H2,(H,20,24)(H2,19,21,25,28). The number of aromatic nitrogens is 3. The summed E-state index contributed by atoms with van der Waals surface area (Å²) in [5.41, 5.74) is 1.32. The number of nitrogens with one attached hydrogen (secondary N) is 3. The summed E-state index contributed by atoms with van der Waals surface area (Å²) in [7, 11) is 0. The van der Waals surface area contributed by atoms with Gasteiger partial charge in [0, 0.05) is 6.07 Å². The Morgan fingerprint density at radius 3 is 2.57 bits per heavy atom. The number of carbonyl (C=O) groups excluding carboxylic acids is 2. The van der Waals surface area contributed by atoms with E-state index in [9.17, 15) is 32.9 Å². The van der Waals surface area contributed by atoms with E-state index < -0.39 is 44.8 Å². The van der Waals surface area contributed by atoms with Crippen LogP contribution in [0.4, 0.5) is 18.9 Å². The van der Waals surface area contributed by atoms with E-state index in [2.05, 4.69) is 20.9 Å². The van der Waals surface area contributed by atoms with Gasteiger partial charge < -0.3 is 0 Å². The molecule has 1 heterocycles. The lowest BCUT2D eigenvalue weighted by Crippen LogP contribution is -2.49. The molecule has 2 aromatic rings. The third-order valence-electron chi connectivity index (χ3n) is 3.08. The molecular formula is C13H10F3N7O4S. The van der Waals surface area contributed by atoms with Gasteiger partial charge in [-0.3, -0.25) is 35.9 Å². The summed E-state index contributed by atoms with van der Waals surface area (Å²) >= 11 is 4.75. The van der Waals surface area contributed by atoms with Crippen molar-refractivity contribution < 1.29 is 27.7 Å². The van der Waals surface area contributed by atoms with Crippen LogP contribution in [0.5, 0.6) is 0 Å². The quantitative estimate of drug-likeness (QED) is 0.372.